The molecule has 3 heterocycles. The minimum absolute atomic E-state index is 0.138. The van der Waals surface area contributed by atoms with Gasteiger partial charge in [0.05, 0.1) is 16.7 Å². The van der Waals surface area contributed by atoms with E-state index in [1.54, 1.807) is 18.0 Å². The van der Waals surface area contributed by atoms with E-state index in [0.29, 0.717) is 22.0 Å². The molecule has 0 atom stereocenters. The lowest BCUT2D eigenvalue weighted by atomic mass is 10.1. The molecule has 4 nitrogen and oxygen atoms in total. The van der Waals surface area contributed by atoms with Gasteiger partial charge in [-0.05, 0) is 18.2 Å². The molecule has 7 heteroatoms. The zero-order chi connectivity index (χ0) is 19.8. The van der Waals surface area contributed by atoms with E-state index in [1.165, 1.54) is 11.3 Å². The van der Waals surface area contributed by atoms with Crippen molar-refractivity contribution in [1.29, 1.82) is 0 Å². The number of para-hydroxylation sites is 1. The molecule has 1 N–H and O–H groups in total. The smallest absolute Gasteiger partial charge is 0.260 e. The molecule has 0 spiro atoms. The van der Waals surface area contributed by atoms with Gasteiger partial charge in [0.2, 0.25) is 0 Å². The van der Waals surface area contributed by atoms with Crippen molar-refractivity contribution in [3.63, 3.8) is 0 Å². The Morgan fingerprint density at radius 2 is 1.86 bits per heavy atom. The van der Waals surface area contributed by atoms with Gasteiger partial charge in [-0.2, -0.15) is 0 Å². The topological polar surface area (TPSA) is 58.6 Å². The third-order valence-corrected chi connectivity index (χ3v) is 6.92. The Morgan fingerprint density at radius 3 is 2.76 bits per heavy atom. The Labute approximate surface area is 179 Å². The van der Waals surface area contributed by atoms with Crippen molar-refractivity contribution < 1.29 is 0 Å². The molecule has 142 valence electrons. The number of nitrogens with zero attached hydrogens (tertiary/aromatic N) is 2. The van der Waals surface area contributed by atoms with E-state index in [2.05, 4.69) is 16.0 Å². The van der Waals surface area contributed by atoms with Crippen molar-refractivity contribution in [3.05, 3.63) is 87.4 Å². The quantitative estimate of drug-likeness (QED) is 0.344. The highest BCUT2D eigenvalue weighted by Crippen LogP contribution is 2.35. The van der Waals surface area contributed by atoms with Crippen molar-refractivity contribution in [1.82, 2.24) is 15.0 Å². The SMILES string of the molecule is O=c1[nH]c(CSc2ccnc3ccccc23)nc2scc(-c3ccccc3Cl)c12. The van der Waals surface area contributed by atoms with Crippen molar-refractivity contribution >= 4 is 55.8 Å². The summed E-state index contributed by atoms with van der Waals surface area (Å²) in [7, 11) is 0. The maximum Gasteiger partial charge on any atom is 0.260 e. The summed E-state index contributed by atoms with van der Waals surface area (Å²) in [5, 5.41) is 4.25. The van der Waals surface area contributed by atoms with Crippen LogP contribution in [0, 0.1) is 0 Å². The molecule has 29 heavy (non-hydrogen) atoms. The van der Waals surface area contributed by atoms with E-state index in [-0.39, 0.29) is 5.56 Å². The second kappa shape index (κ2) is 7.63. The molecule has 0 fully saturated rings. The molecule has 2 aromatic carbocycles. The predicted octanol–water partition coefficient (Wildman–Crippen LogP) is 6.15. The fraction of sp³-hybridized carbons (Fsp3) is 0.0455. The Bertz CT molecular complexity index is 1410. The fourth-order valence-corrected chi connectivity index (χ4v) is 5.39. The number of halogens is 1. The Kier molecular flexibility index (Phi) is 4.83. The summed E-state index contributed by atoms with van der Waals surface area (Å²) < 4.78 is 0. The molecule has 0 saturated carbocycles. The van der Waals surface area contributed by atoms with Crippen LogP contribution in [-0.4, -0.2) is 15.0 Å². The first kappa shape index (κ1) is 18.4. The number of hydrogen-bond donors (Lipinski definition) is 1. The molecule has 0 saturated heterocycles. The number of aromatic amines is 1. The summed E-state index contributed by atoms with van der Waals surface area (Å²) in [5.74, 6) is 1.22. The number of aromatic nitrogens is 3. The average molecular weight is 436 g/mol. The maximum absolute atomic E-state index is 12.8. The van der Waals surface area contributed by atoms with Crippen LogP contribution in [0.4, 0.5) is 0 Å². The first-order valence-corrected chi connectivity index (χ1v) is 11.2. The summed E-state index contributed by atoms with van der Waals surface area (Å²) in [6.45, 7) is 0. The van der Waals surface area contributed by atoms with E-state index in [4.69, 9.17) is 16.6 Å². The van der Waals surface area contributed by atoms with Gasteiger partial charge in [0.25, 0.3) is 5.56 Å². The first-order valence-electron chi connectivity index (χ1n) is 8.92. The lowest BCUT2D eigenvalue weighted by Gasteiger charge is -2.06. The van der Waals surface area contributed by atoms with Crippen LogP contribution in [0.15, 0.2) is 75.9 Å². The van der Waals surface area contributed by atoms with Gasteiger partial charge in [0.15, 0.2) is 0 Å². The van der Waals surface area contributed by atoms with Crippen LogP contribution >= 0.6 is 34.7 Å². The van der Waals surface area contributed by atoms with Crippen molar-refractivity contribution in [3.8, 4) is 11.1 Å². The standard InChI is InChI=1S/C22H14ClN3OS2/c23-16-7-3-1-5-13(16)15-11-29-22-20(15)21(27)25-19(26-22)12-28-18-9-10-24-17-8-4-2-6-14(17)18/h1-11H,12H2,(H,25,26,27). The average Bonchev–Trinajstić information content (AvgIpc) is 3.17. The van der Waals surface area contributed by atoms with Gasteiger partial charge in [0.1, 0.15) is 10.7 Å². The van der Waals surface area contributed by atoms with E-state index in [9.17, 15) is 4.79 Å². The molecule has 5 rings (SSSR count). The lowest BCUT2D eigenvalue weighted by molar-refractivity contribution is 1.05. The van der Waals surface area contributed by atoms with Crippen LogP contribution in [0.2, 0.25) is 5.02 Å². The molecule has 0 aliphatic heterocycles. The van der Waals surface area contributed by atoms with Crippen LogP contribution in [0.5, 0.6) is 0 Å². The van der Waals surface area contributed by atoms with Gasteiger partial charge in [-0.3, -0.25) is 9.78 Å². The van der Waals surface area contributed by atoms with Gasteiger partial charge >= 0.3 is 0 Å². The number of hydrogen-bond acceptors (Lipinski definition) is 5. The zero-order valence-corrected chi connectivity index (χ0v) is 17.4. The molecule has 0 unspecified atom stereocenters. The second-order valence-corrected chi connectivity index (χ2v) is 8.72. The normalized spacial score (nSPS) is 11.3. The van der Waals surface area contributed by atoms with Gasteiger partial charge in [-0.25, -0.2) is 4.98 Å². The van der Waals surface area contributed by atoms with Gasteiger partial charge < -0.3 is 4.98 Å². The Balaban J connectivity index is 1.49. The highest BCUT2D eigenvalue weighted by Gasteiger charge is 2.15. The molecule has 0 amide bonds. The minimum atomic E-state index is -0.138. The predicted molar refractivity (Wildman–Crippen MR) is 122 cm³/mol. The largest absolute Gasteiger partial charge is 0.309 e. The second-order valence-electron chi connectivity index (χ2n) is 6.44. The monoisotopic (exact) mass is 435 g/mol. The van der Waals surface area contributed by atoms with Crippen LogP contribution in [-0.2, 0) is 5.75 Å². The molecule has 0 aliphatic carbocycles. The highest BCUT2D eigenvalue weighted by molar-refractivity contribution is 7.98. The number of thioether (sulfide) groups is 1. The van der Waals surface area contributed by atoms with Crippen LogP contribution < -0.4 is 5.56 Å². The molecule has 3 aromatic heterocycles. The van der Waals surface area contributed by atoms with E-state index in [0.717, 1.165) is 31.8 Å². The van der Waals surface area contributed by atoms with Crippen LogP contribution in [0.25, 0.3) is 32.2 Å². The number of thiophene rings is 1. The zero-order valence-electron chi connectivity index (χ0n) is 15.1. The molecule has 0 aliphatic rings. The lowest BCUT2D eigenvalue weighted by Crippen LogP contribution is -2.10. The molecule has 0 bridgehead atoms. The molecule has 5 aromatic rings. The van der Waals surface area contributed by atoms with E-state index in [1.807, 2.05) is 53.9 Å². The molecule has 0 radical (unpaired) electrons. The van der Waals surface area contributed by atoms with Crippen LogP contribution in [0.3, 0.4) is 0 Å². The number of benzene rings is 2. The summed E-state index contributed by atoms with van der Waals surface area (Å²) in [5.41, 5.74) is 2.49. The Hall–Kier alpha value is -2.67. The van der Waals surface area contributed by atoms with Gasteiger partial charge in [-0.1, -0.05) is 48.0 Å². The number of pyridine rings is 1. The van der Waals surface area contributed by atoms with Crippen molar-refractivity contribution in [2.45, 2.75) is 10.6 Å². The third-order valence-electron chi connectivity index (χ3n) is 4.63. The third kappa shape index (κ3) is 3.44. The minimum Gasteiger partial charge on any atom is -0.309 e. The van der Waals surface area contributed by atoms with Gasteiger partial charge in [0, 0.05) is 38.0 Å². The summed E-state index contributed by atoms with van der Waals surface area (Å²) >= 11 is 9.43. The first-order chi connectivity index (χ1) is 14.2. The number of rotatable bonds is 4. The summed E-state index contributed by atoms with van der Waals surface area (Å²) in [4.78, 5) is 26.7. The van der Waals surface area contributed by atoms with E-state index >= 15 is 0 Å². The number of H-pyrrole nitrogens is 1. The molecular formula is C22H14ClN3OS2. The number of nitrogens with one attached hydrogen (secondary N) is 1. The Morgan fingerprint density at radius 1 is 1.03 bits per heavy atom. The van der Waals surface area contributed by atoms with E-state index < -0.39 is 0 Å². The molecular weight excluding hydrogens is 422 g/mol. The summed E-state index contributed by atoms with van der Waals surface area (Å²) in [6.07, 6.45) is 1.80. The maximum atomic E-state index is 12.8. The fourth-order valence-electron chi connectivity index (χ4n) is 3.28. The van der Waals surface area contributed by atoms with Crippen molar-refractivity contribution in [2.75, 3.05) is 0 Å². The summed E-state index contributed by atoms with van der Waals surface area (Å²) in [6, 6.07) is 17.5. The number of fused-ring (bicyclic) bond motifs is 2. The highest BCUT2D eigenvalue weighted by atomic mass is 35.5. The van der Waals surface area contributed by atoms with Crippen LogP contribution in [0.1, 0.15) is 5.82 Å². The van der Waals surface area contributed by atoms with Gasteiger partial charge in [-0.15, -0.1) is 23.1 Å². The van der Waals surface area contributed by atoms with Crippen molar-refractivity contribution in [2.24, 2.45) is 0 Å².